The molecule has 0 radical (unpaired) electrons. The predicted octanol–water partition coefficient (Wildman–Crippen LogP) is 3.27. The van der Waals surface area contributed by atoms with Crippen LogP contribution in [0.1, 0.15) is 23.2 Å². The zero-order valence-electron chi connectivity index (χ0n) is 13.5. The van der Waals surface area contributed by atoms with Crippen LogP contribution < -0.4 is 10.1 Å². The minimum atomic E-state index is -0.200. The second kappa shape index (κ2) is 8.53. The third-order valence-electron chi connectivity index (χ3n) is 4.14. The van der Waals surface area contributed by atoms with Gasteiger partial charge in [-0.1, -0.05) is 18.2 Å². The molecule has 0 unspecified atom stereocenters. The zero-order valence-corrected chi connectivity index (χ0v) is 15.8. The van der Waals surface area contributed by atoms with Crippen LogP contribution in [-0.4, -0.2) is 43.5 Å². The van der Waals surface area contributed by atoms with Crippen molar-refractivity contribution in [2.24, 2.45) is 5.92 Å². The first kappa shape index (κ1) is 18.8. The number of hydrogen-bond acceptors (Lipinski definition) is 3. The molecule has 0 saturated carbocycles. The molecule has 0 aromatic heterocycles. The van der Waals surface area contributed by atoms with Gasteiger partial charge in [-0.25, -0.2) is 0 Å². The maximum atomic E-state index is 12.4. The van der Waals surface area contributed by atoms with Crippen LogP contribution in [0.25, 0.3) is 0 Å². The van der Waals surface area contributed by atoms with Gasteiger partial charge in [-0.15, -0.1) is 0 Å². The summed E-state index contributed by atoms with van der Waals surface area (Å²) >= 11 is 9.34. The van der Waals surface area contributed by atoms with E-state index in [1.54, 1.807) is 17.0 Å². The second-order valence-corrected chi connectivity index (χ2v) is 6.91. The van der Waals surface area contributed by atoms with E-state index in [0.29, 0.717) is 46.4 Å². The van der Waals surface area contributed by atoms with Gasteiger partial charge in [0.15, 0.2) is 0 Å². The van der Waals surface area contributed by atoms with E-state index >= 15 is 0 Å². The third kappa shape index (κ3) is 4.51. The fourth-order valence-electron chi connectivity index (χ4n) is 2.69. The number of carbonyl (C=O) groups excluding carboxylic acids is 2. The fourth-order valence-corrected chi connectivity index (χ4v) is 3.19. The molecule has 1 fully saturated rings. The smallest absolute Gasteiger partial charge is 0.255 e. The van der Waals surface area contributed by atoms with Gasteiger partial charge in [-0.3, -0.25) is 9.59 Å². The molecule has 1 aromatic carbocycles. The number of rotatable bonds is 5. The Labute approximate surface area is 155 Å². The van der Waals surface area contributed by atoms with E-state index in [0.717, 1.165) is 12.8 Å². The fraction of sp³-hybridized carbons (Fsp3) is 0.412. The molecule has 130 valence electrons. The molecule has 24 heavy (non-hydrogen) atoms. The van der Waals surface area contributed by atoms with Crippen LogP contribution in [0.15, 0.2) is 29.3 Å². The van der Waals surface area contributed by atoms with Crippen molar-refractivity contribution < 1.29 is 14.3 Å². The van der Waals surface area contributed by atoms with Crippen molar-refractivity contribution in [2.45, 2.75) is 12.8 Å². The van der Waals surface area contributed by atoms with Gasteiger partial charge in [-0.05, 0) is 46.8 Å². The summed E-state index contributed by atoms with van der Waals surface area (Å²) in [7, 11) is 1.50. The molecule has 2 rings (SSSR count). The van der Waals surface area contributed by atoms with Gasteiger partial charge in [0.1, 0.15) is 5.75 Å². The quantitative estimate of drug-likeness (QED) is 0.751. The number of methoxy groups -OCH3 is 1. The number of hydrogen-bond donors (Lipinski definition) is 1. The lowest BCUT2D eigenvalue weighted by Crippen LogP contribution is -2.40. The minimum absolute atomic E-state index is 0.0340. The highest BCUT2D eigenvalue weighted by Crippen LogP contribution is 2.30. The molecule has 1 heterocycles. The summed E-state index contributed by atoms with van der Waals surface area (Å²) in [4.78, 5) is 25.8. The molecule has 5 nitrogen and oxygen atoms in total. The van der Waals surface area contributed by atoms with Crippen LogP contribution in [-0.2, 0) is 4.79 Å². The Morgan fingerprint density at radius 3 is 2.71 bits per heavy atom. The van der Waals surface area contributed by atoms with Crippen molar-refractivity contribution in [2.75, 3.05) is 26.7 Å². The predicted molar refractivity (Wildman–Crippen MR) is 97.5 cm³/mol. The number of nitrogens with one attached hydrogen (secondary N) is 1. The molecule has 1 aliphatic rings. The average molecular weight is 416 g/mol. The van der Waals surface area contributed by atoms with Gasteiger partial charge in [0, 0.05) is 30.2 Å². The number of halogens is 2. The highest BCUT2D eigenvalue weighted by Gasteiger charge is 2.22. The van der Waals surface area contributed by atoms with Crippen LogP contribution >= 0.6 is 27.5 Å². The van der Waals surface area contributed by atoms with E-state index in [1.807, 2.05) is 0 Å². The first-order valence-electron chi connectivity index (χ1n) is 7.68. The van der Waals surface area contributed by atoms with E-state index in [4.69, 9.17) is 16.3 Å². The summed E-state index contributed by atoms with van der Waals surface area (Å²) in [6, 6.07) is 3.27. The molecule has 2 amide bonds. The zero-order chi connectivity index (χ0) is 17.7. The molecule has 0 aliphatic carbocycles. The van der Waals surface area contributed by atoms with Crippen LogP contribution in [0.5, 0.6) is 5.75 Å². The Morgan fingerprint density at radius 1 is 1.46 bits per heavy atom. The van der Waals surface area contributed by atoms with E-state index < -0.39 is 0 Å². The number of amides is 2. The van der Waals surface area contributed by atoms with Gasteiger partial charge in [0.2, 0.25) is 5.91 Å². The van der Waals surface area contributed by atoms with Crippen molar-refractivity contribution in [1.29, 1.82) is 0 Å². The number of piperidine rings is 1. The summed E-state index contributed by atoms with van der Waals surface area (Å²) in [6.07, 6.45) is 3.06. The summed E-state index contributed by atoms with van der Waals surface area (Å²) in [5.41, 5.74) is 0.438. The third-order valence-corrected chi connectivity index (χ3v) is 5.34. The van der Waals surface area contributed by atoms with Crippen LogP contribution in [0, 0.1) is 5.92 Å². The number of nitrogens with zero attached hydrogens (tertiary/aromatic N) is 1. The molecular formula is C17H20BrClN2O3. The monoisotopic (exact) mass is 414 g/mol. The Hall–Kier alpha value is -1.53. The Morgan fingerprint density at radius 2 is 2.12 bits per heavy atom. The van der Waals surface area contributed by atoms with Crippen LogP contribution in [0.3, 0.4) is 0 Å². The molecule has 0 atom stereocenters. The largest absolute Gasteiger partial charge is 0.496 e. The average Bonchev–Trinajstić information content (AvgIpc) is 2.61. The van der Waals surface area contributed by atoms with Crippen LogP contribution in [0.4, 0.5) is 0 Å². The lowest BCUT2D eigenvalue weighted by molar-refractivity contribution is -0.127. The Bertz CT molecular complexity index is 643. The maximum Gasteiger partial charge on any atom is 0.255 e. The number of likely N-dealkylation sites (tertiary alicyclic amines) is 1. The summed E-state index contributed by atoms with van der Waals surface area (Å²) in [6.45, 7) is 5.46. The molecule has 0 spiro atoms. The molecule has 1 aromatic rings. The molecule has 1 N–H and O–H groups in total. The van der Waals surface area contributed by atoms with E-state index in [-0.39, 0.29) is 11.8 Å². The van der Waals surface area contributed by atoms with E-state index in [1.165, 1.54) is 13.2 Å². The van der Waals surface area contributed by atoms with Gasteiger partial charge in [0.05, 0.1) is 17.7 Å². The van der Waals surface area contributed by atoms with E-state index in [2.05, 4.69) is 27.8 Å². The maximum absolute atomic E-state index is 12.4. The standard InChI is InChI=1S/C17H20BrClN2O3/c1-3-16(22)21-6-4-11(5-7-21)10-20-17(23)12-8-13(18)14(19)9-15(12)24-2/h3,8-9,11H,1,4-7,10H2,2H3,(H,20,23). The normalized spacial score (nSPS) is 15.0. The molecule has 7 heteroatoms. The molecule has 0 bridgehead atoms. The van der Waals surface area contributed by atoms with Crippen molar-refractivity contribution in [1.82, 2.24) is 10.2 Å². The van der Waals surface area contributed by atoms with Crippen LogP contribution in [0.2, 0.25) is 5.02 Å². The highest BCUT2D eigenvalue weighted by molar-refractivity contribution is 9.10. The van der Waals surface area contributed by atoms with Crippen molar-refractivity contribution >= 4 is 39.3 Å². The first-order valence-corrected chi connectivity index (χ1v) is 8.86. The van der Waals surface area contributed by atoms with Gasteiger partial charge in [0.25, 0.3) is 5.91 Å². The number of benzene rings is 1. The summed E-state index contributed by atoms with van der Waals surface area (Å²) < 4.78 is 5.87. The topological polar surface area (TPSA) is 58.6 Å². The second-order valence-electron chi connectivity index (χ2n) is 5.65. The van der Waals surface area contributed by atoms with E-state index in [9.17, 15) is 9.59 Å². The van der Waals surface area contributed by atoms with Crippen molar-refractivity contribution in [3.05, 3.63) is 39.8 Å². The first-order chi connectivity index (χ1) is 11.5. The van der Waals surface area contributed by atoms with Crippen molar-refractivity contribution in [3.8, 4) is 5.75 Å². The lowest BCUT2D eigenvalue weighted by Gasteiger charge is -2.31. The van der Waals surface area contributed by atoms with Gasteiger partial charge < -0.3 is 15.0 Å². The van der Waals surface area contributed by atoms with Gasteiger partial charge >= 0.3 is 0 Å². The summed E-state index contributed by atoms with van der Waals surface area (Å²) in [5.74, 6) is 0.554. The molecular weight excluding hydrogens is 396 g/mol. The SMILES string of the molecule is C=CC(=O)N1CCC(CNC(=O)c2cc(Br)c(Cl)cc2OC)CC1. The Balaban J connectivity index is 1.91. The number of carbonyl (C=O) groups is 2. The Kier molecular flexibility index (Phi) is 6.69. The van der Waals surface area contributed by atoms with Gasteiger partial charge in [-0.2, -0.15) is 0 Å². The molecule has 1 saturated heterocycles. The summed E-state index contributed by atoms with van der Waals surface area (Å²) in [5, 5.41) is 3.43. The lowest BCUT2D eigenvalue weighted by atomic mass is 9.96. The molecule has 1 aliphatic heterocycles. The highest BCUT2D eigenvalue weighted by atomic mass is 79.9. The minimum Gasteiger partial charge on any atom is -0.496 e. The number of ether oxygens (including phenoxy) is 1. The van der Waals surface area contributed by atoms with Crippen molar-refractivity contribution in [3.63, 3.8) is 0 Å².